The maximum absolute atomic E-state index is 13.4. The third kappa shape index (κ3) is 5.17. The maximum atomic E-state index is 13.4. The number of nitrogens with two attached hydrogens (primary N) is 1. The van der Waals surface area contributed by atoms with E-state index in [0.717, 1.165) is 6.07 Å². The normalized spacial score (nSPS) is 19.3. The highest BCUT2D eigenvalue weighted by atomic mass is 32.2. The number of sulfonamides is 1. The predicted molar refractivity (Wildman–Crippen MR) is 108 cm³/mol. The molecule has 1 amide bonds. The van der Waals surface area contributed by atoms with Crippen molar-refractivity contribution < 1.29 is 31.5 Å². The van der Waals surface area contributed by atoms with Crippen molar-refractivity contribution in [2.75, 3.05) is 11.1 Å². The van der Waals surface area contributed by atoms with Crippen LogP contribution in [-0.2, 0) is 10.0 Å². The van der Waals surface area contributed by atoms with Gasteiger partial charge in [0.2, 0.25) is 10.0 Å². The lowest BCUT2D eigenvalue weighted by molar-refractivity contribution is 0.102. The van der Waals surface area contributed by atoms with Crippen LogP contribution in [0, 0.1) is 24.4 Å². The molecule has 0 saturated heterocycles. The largest absolute Gasteiger partial charge is 0.398 e. The topological polar surface area (TPSA) is 122 Å². The minimum Gasteiger partial charge on any atom is -0.398 e. The van der Waals surface area contributed by atoms with Gasteiger partial charge in [-0.15, -0.1) is 0 Å². The first kappa shape index (κ1) is 23.0. The number of hydrogen-bond donors (Lipinski definition) is 4. The summed E-state index contributed by atoms with van der Waals surface area (Å²) in [6.45, 7) is 1.52. The molecule has 0 bridgehead atoms. The molecule has 1 aliphatic rings. The van der Waals surface area contributed by atoms with E-state index in [0.29, 0.717) is 43.4 Å². The SMILES string of the molecule is Cc1cc(N)c(S(=O)(=O)N[C@H]2CC[C@H](O)CC2)cc1C(=O)Nc1cc(F)c(F)c(F)c1. The minimum absolute atomic E-state index is 0.0729. The molecular weight excluding hydrogens is 435 g/mol. The second-order valence-electron chi connectivity index (χ2n) is 7.54. The summed E-state index contributed by atoms with van der Waals surface area (Å²) in [6.07, 6.45) is 1.40. The van der Waals surface area contributed by atoms with Crippen LogP contribution in [0.3, 0.4) is 0 Å². The van der Waals surface area contributed by atoms with Crippen LogP contribution in [0.2, 0.25) is 0 Å². The van der Waals surface area contributed by atoms with Crippen LogP contribution >= 0.6 is 0 Å². The van der Waals surface area contributed by atoms with Crippen LogP contribution in [-0.4, -0.2) is 31.6 Å². The number of aryl methyl sites for hydroxylation is 1. The van der Waals surface area contributed by atoms with Gasteiger partial charge in [-0.05, 0) is 50.3 Å². The Labute approximate surface area is 177 Å². The summed E-state index contributed by atoms with van der Waals surface area (Å²) in [6, 6.07) is 3.23. The zero-order valence-electron chi connectivity index (χ0n) is 16.6. The zero-order valence-corrected chi connectivity index (χ0v) is 17.4. The predicted octanol–water partition coefficient (Wildman–Crippen LogP) is 2.83. The van der Waals surface area contributed by atoms with Gasteiger partial charge in [-0.25, -0.2) is 26.3 Å². The molecule has 1 fully saturated rings. The first-order valence-corrected chi connectivity index (χ1v) is 11.0. The van der Waals surface area contributed by atoms with Gasteiger partial charge in [0.25, 0.3) is 5.91 Å². The van der Waals surface area contributed by atoms with Crippen molar-refractivity contribution in [1.29, 1.82) is 0 Å². The van der Waals surface area contributed by atoms with Crippen LogP contribution < -0.4 is 15.8 Å². The fraction of sp³-hybridized carbons (Fsp3) is 0.350. The molecule has 3 rings (SSSR count). The number of aliphatic hydroxyl groups excluding tert-OH is 1. The fourth-order valence-electron chi connectivity index (χ4n) is 3.49. The standard InChI is InChI=1S/C20H22F3N3O4S/c1-10-6-17(24)18(31(29,30)26-11-2-4-13(27)5-3-11)9-14(10)20(28)25-12-7-15(21)19(23)16(22)8-12/h6-9,11,13,26-27H,2-5,24H2,1H3,(H,25,28)/t11-,13-. The lowest BCUT2D eigenvalue weighted by atomic mass is 9.94. The molecule has 2 aromatic carbocycles. The Morgan fingerprint density at radius 3 is 2.23 bits per heavy atom. The van der Waals surface area contributed by atoms with Crippen molar-refractivity contribution in [2.45, 2.75) is 49.6 Å². The number of carbonyl (C=O) groups excluding carboxylic acids is 1. The summed E-state index contributed by atoms with van der Waals surface area (Å²) in [4.78, 5) is 12.3. The molecule has 0 spiro atoms. The first-order chi connectivity index (χ1) is 14.5. The van der Waals surface area contributed by atoms with Crippen LogP contribution in [0.4, 0.5) is 24.5 Å². The summed E-state index contributed by atoms with van der Waals surface area (Å²) in [7, 11) is -4.08. The highest BCUT2D eigenvalue weighted by Crippen LogP contribution is 2.27. The van der Waals surface area contributed by atoms with Crippen molar-refractivity contribution in [2.24, 2.45) is 0 Å². The second kappa shape index (κ2) is 8.85. The van der Waals surface area contributed by atoms with Crippen LogP contribution in [0.15, 0.2) is 29.2 Å². The van der Waals surface area contributed by atoms with Gasteiger partial charge in [-0.3, -0.25) is 4.79 Å². The average molecular weight is 457 g/mol. The lowest BCUT2D eigenvalue weighted by Gasteiger charge is -2.26. The average Bonchev–Trinajstić information content (AvgIpc) is 2.67. The smallest absolute Gasteiger partial charge is 0.255 e. The third-order valence-corrected chi connectivity index (χ3v) is 6.73. The summed E-state index contributed by atoms with van der Waals surface area (Å²) in [5, 5.41) is 11.8. The van der Waals surface area contributed by atoms with Gasteiger partial charge in [0.1, 0.15) is 4.90 Å². The van der Waals surface area contributed by atoms with Crippen molar-refractivity contribution in [1.82, 2.24) is 4.72 Å². The van der Waals surface area contributed by atoms with E-state index in [2.05, 4.69) is 10.0 Å². The Kier molecular flexibility index (Phi) is 6.58. The van der Waals surface area contributed by atoms with Gasteiger partial charge in [0, 0.05) is 29.4 Å². The van der Waals surface area contributed by atoms with Gasteiger partial charge >= 0.3 is 0 Å². The van der Waals surface area contributed by atoms with Gasteiger partial charge < -0.3 is 16.2 Å². The molecule has 0 aliphatic heterocycles. The quantitative estimate of drug-likeness (QED) is 0.406. The lowest BCUT2D eigenvalue weighted by Crippen LogP contribution is -2.38. The Balaban J connectivity index is 1.87. The van der Waals surface area contributed by atoms with Crippen molar-refractivity contribution in [3.8, 4) is 0 Å². The molecular formula is C20H22F3N3O4S. The molecule has 0 aromatic heterocycles. The molecule has 2 aromatic rings. The minimum atomic E-state index is -4.08. The number of nitrogens with one attached hydrogen (secondary N) is 2. The van der Waals surface area contributed by atoms with E-state index in [1.54, 1.807) is 0 Å². The van der Waals surface area contributed by atoms with E-state index < -0.39 is 39.5 Å². The van der Waals surface area contributed by atoms with Crippen molar-refractivity contribution in [3.63, 3.8) is 0 Å². The van der Waals surface area contributed by atoms with Crippen LogP contribution in [0.25, 0.3) is 0 Å². The molecule has 0 unspecified atom stereocenters. The Morgan fingerprint density at radius 2 is 1.65 bits per heavy atom. The summed E-state index contributed by atoms with van der Waals surface area (Å²) in [5.74, 6) is -5.47. The van der Waals surface area contributed by atoms with Crippen LogP contribution in [0.1, 0.15) is 41.6 Å². The van der Waals surface area contributed by atoms with Crippen molar-refractivity contribution in [3.05, 3.63) is 52.8 Å². The molecule has 0 heterocycles. The number of anilines is 2. The van der Waals surface area contributed by atoms with E-state index in [-0.39, 0.29) is 27.9 Å². The monoisotopic (exact) mass is 457 g/mol. The zero-order chi connectivity index (χ0) is 22.9. The second-order valence-corrected chi connectivity index (χ2v) is 9.22. The van der Waals surface area contributed by atoms with E-state index in [4.69, 9.17) is 5.73 Å². The molecule has 5 N–H and O–H groups in total. The Hall–Kier alpha value is -2.63. The first-order valence-electron chi connectivity index (χ1n) is 9.54. The van der Waals surface area contributed by atoms with E-state index in [1.165, 1.54) is 13.0 Å². The number of amides is 1. The Morgan fingerprint density at radius 1 is 1.06 bits per heavy atom. The number of hydrogen-bond acceptors (Lipinski definition) is 5. The number of aliphatic hydroxyl groups is 1. The van der Waals surface area contributed by atoms with E-state index >= 15 is 0 Å². The number of rotatable bonds is 5. The number of carbonyl (C=O) groups is 1. The third-order valence-electron chi connectivity index (χ3n) is 5.15. The van der Waals surface area contributed by atoms with Gasteiger partial charge in [-0.2, -0.15) is 0 Å². The summed E-state index contributed by atoms with van der Waals surface area (Å²) >= 11 is 0. The summed E-state index contributed by atoms with van der Waals surface area (Å²) in [5.41, 5.74) is 5.72. The highest BCUT2D eigenvalue weighted by Gasteiger charge is 2.27. The maximum Gasteiger partial charge on any atom is 0.255 e. The fourth-order valence-corrected chi connectivity index (χ4v) is 4.93. The van der Waals surface area contributed by atoms with Crippen molar-refractivity contribution >= 4 is 27.3 Å². The molecule has 168 valence electrons. The number of nitrogen functional groups attached to an aromatic ring is 1. The number of halogens is 3. The highest BCUT2D eigenvalue weighted by molar-refractivity contribution is 7.89. The van der Waals surface area contributed by atoms with Gasteiger partial charge in [-0.1, -0.05) is 0 Å². The molecule has 31 heavy (non-hydrogen) atoms. The summed E-state index contributed by atoms with van der Waals surface area (Å²) < 4.78 is 68.2. The van der Waals surface area contributed by atoms with Gasteiger partial charge in [0.15, 0.2) is 17.5 Å². The van der Waals surface area contributed by atoms with E-state index in [1.807, 2.05) is 0 Å². The van der Waals surface area contributed by atoms with E-state index in [9.17, 15) is 31.5 Å². The Bertz CT molecular complexity index is 1090. The van der Waals surface area contributed by atoms with Crippen LogP contribution in [0.5, 0.6) is 0 Å². The molecule has 7 nitrogen and oxygen atoms in total. The van der Waals surface area contributed by atoms with Gasteiger partial charge in [0.05, 0.1) is 11.8 Å². The number of benzene rings is 2. The molecule has 11 heteroatoms. The molecule has 0 atom stereocenters. The molecule has 1 saturated carbocycles. The molecule has 1 aliphatic carbocycles. The molecule has 0 radical (unpaired) electrons.